The van der Waals surface area contributed by atoms with Crippen molar-refractivity contribution in [2.24, 2.45) is 12.5 Å². The molecular formula is C17H21N3O3S. The number of hydrogen-bond donors (Lipinski definition) is 0. The third kappa shape index (κ3) is 2.30. The van der Waals surface area contributed by atoms with Crippen LogP contribution in [0.2, 0.25) is 0 Å². The van der Waals surface area contributed by atoms with Crippen molar-refractivity contribution in [1.82, 2.24) is 14.1 Å². The van der Waals surface area contributed by atoms with Crippen molar-refractivity contribution < 1.29 is 13.2 Å². The lowest BCUT2D eigenvalue weighted by molar-refractivity contribution is -0.0953. The first-order valence-corrected chi connectivity index (χ1v) is 9.61. The zero-order valence-corrected chi connectivity index (χ0v) is 14.4. The van der Waals surface area contributed by atoms with Crippen LogP contribution in [0.3, 0.4) is 0 Å². The fourth-order valence-corrected chi connectivity index (χ4v) is 5.91. The summed E-state index contributed by atoms with van der Waals surface area (Å²) in [7, 11) is -1.91. The number of benzene rings is 1. The topological polar surface area (TPSA) is 64.4 Å². The molecule has 7 heteroatoms. The Hall–Kier alpha value is -1.70. The van der Waals surface area contributed by atoms with Crippen LogP contribution in [-0.2, 0) is 21.8 Å². The first-order chi connectivity index (χ1) is 11.5. The molecule has 0 amide bonds. The number of hydrogen-bond acceptors (Lipinski definition) is 4. The van der Waals surface area contributed by atoms with Gasteiger partial charge in [-0.15, -0.1) is 0 Å². The molecule has 1 atom stereocenters. The fraction of sp³-hybridized carbons (Fsp3) is 0.471. The van der Waals surface area contributed by atoms with Gasteiger partial charge in [-0.3, -0.25) is 4.68 Å². The highest BCUT2D eigenvalue weighted by Gasteiger charge is 2.58. The summed E-state index contributed by atoms with van der Waals surface area (Å²) in [4.78, 5) is 0. The Morgan fingerprint density at radius 2 is 1.88 bits per heavy atom. The minimum Gasteiger partial charge on any atom is -0.381 e. The number of ether oxygens (including phenoxy) is 1. The number of rotatable bonds is 3. The second-order valence-corrected chi connectivity index (χ2v) is 8.47. The van der Waals surface area contributed by atoms with Gasteiger partial charge in [0.15, 0.2) is 5.03 Å². The molecule has 0 N–H and O–H groups in total. The first-order valence-electron chi connectivity index (χ1n) is 8.17. The van der Waals surface area contributed by atoms with Gasteiger partial charge >= 0.3 is 0 Å². The third-order valence-electron chi connectivity index (χ3n) is 5.29. The molecular weight excluding hydrogens is 326 g/mol. The van der Waals surface area contributed by atoms with E-state index < -0.39 is 10.0 Å². The molecule has 0 unspecified atom stereocenters. The average Bonchev–Trinajstić information content (AvgIpc) is 3.01. The van der Waals surface area contributed by atoms with Crippen molar-refractivity contribution in [3.63, 3.8) is 0 Å². The van der Waals surface area contributed by atoms with Gasteiger partial charge in [-0.25, -0.2) is 8.42 Å². The number of nitrogens with zero attached hydrogens (tertiary/aromatic N) is 3. The van der Waals surface area contributed by atoms with Gasteiger partial charge in [-0.1, -0.05) is 30.3 Å². The second-order valence-electron chi connectivity index (χ2n) is 6.63. The molecule has 0 aliphatic carbocycles. The van der Waals surface area contributed by atoms with Gasteiger partial charge in [0.1, 0.15) is 0 Å². The van der Waals surface area contributed by atoms with E-state index in [2.05, 4.69) is 5.10 Å². The van der Waals surface area contributed by atoms with Crippen molar-refractivity contribution in [3.8, 4) is 0 Å². The average molecular weight is 347 g/mol. The second kappa shape index (κ2) is 5.68. The maximum atomic E-state index is 13.1. The normalized spacial score (nSPS) is 24.0. The molecule has 1 spiro atoms. The van der Waals surface area contributed by atoms with E-state index in [0.29, 0.717) is 19.8 Å². The summed E-state index contributed by atoms with van der Waals surface area (Å²) >= 11 is 0. The van der Waals surface area contributed by atoms with Crippen LogP contribution in [0, 0.1) is 5.41 Å². The van der Waals surface area contributed by atoms with Crippen LogP contribution in [0.25, 0.3) is 0 Å². The van der Waals surface area contributed by atoms with Crippen LogP contribution in [0.4, 0.5) is 0 Å². The molecule has 4 rings (SSSR count). The molecule has 3 heterocycles. The van der Waals surface area contributed by atoms with E-state index in [0.717, 1.165) is 18.4 Å². The summed E-state index contributed by atoms with van der Waals surface area (Å²) in [5.41, 5.74) is 1.03. The van der Waals surface area contributed by atoms with E-state index in [-0.39, 0.29) is 16.5 Å². The van der Waals surface area contributed by atoms with Crippen LogP contribution in [0.15, 0.2) is 47.6 Å². The maximum absolute atomic E-state index is 13.1. The quantitative estimate of drug-likeness (QED) is 0.851. The van der Waals surface area contributed by atoms with Gasteiger partial charge in [-0.05, 0) is 24.5 Å². The molecule has 128 valence electrons. The Morgan fingerprint density at radius 1 is 1.17 bits per heavy atom. The smallest absolute Gasteiger partial charge is 0.260 e. The predicted molar refractivity (Wildman–Crippen MR) is 88.8 cm³/mol. The SMILES string of the molecule is Cn1nccc1S(=O)(=O)N1CC2(CCOCC2)[C@@H]1c1ccccc1. The minimum atomic E-state index is -3.57. The molecule has 6 nitrogen and oxygen atoms in total. The summed E-state index contributed by atoms with van der Waals surface area (Å²) in [6.07, 6.45) is 3.31. The van der Waals surface area contributed by atoms with E-state index >= 15 is 0 Å². The molecule has 2 fully saturated rings. The fourth-order valence-electron chi connectivity index (χ4n) is 4.00. The Bertz CT molecular complexity index is 826. The monoisotopic (exact) mass is 347 g/mol. The summed E-state index contributed by atoms with van der Waals surface area (Å²) < 4.78 is 34.8. The molecule has 2 aliphatic rings. The van der Waals surface area contributed by atoms with Crippen molar-refractivity contribution in [2.45, 2.75) is 23.9 Å². The van der Waals surface area contributed by atoms with Gasteiger partial charge in [0.25, 0.3) is 10.0 Å². The highest BCUT2D eigenvalue weighted by atomic mass is 32.2. The van der Waals surface area contributed by atoms with E-state index in [1.807, 2.05) is 30.3 Å². The summed E-state index contributed by atoms with van der Waals surface area (Å²) in [5.74, 6) is 0. The van der Waals surface area contributed by atoms with Gasteiger partial charge in [0.05, 0.1) is 12.2 Å². The van der Waals surface area contributed by atoms with Crippen LogP contribution < -0.4 is 0 Å². The Labute approximate surface area is 142 Å². The molecule has 2 saturated heterocycles. The van der Waals surface area contributed by atoms with E-state index in [1.165, 1.54) is 10.9 Å². The van der Waals surface area contributed by atoms with Crippen molar-refractivity contribution >= 4 is 10.0 Å². The van der Waals surface area contributed by atoms with Crippen LogP contribution in [0.5, 0.6) is 0 Å². The molecule has 0 saturated carbocycles. The lowest BCUT2D eigenvalue weighted by atomic mass is 9.65. The summed E-state index contributed by atoms with van der Waals surface area (Å²) in [6.45, 7) is 1.94. The van der Waals surface area contributed by atoms with E-state index in [9.17, 15) is 8.42 Å². The minimum absolute atomic E-state index is 0.0226. The molecule has 1 aromatic carbocycles. The molecule has 1 aromatic heterocycles. The van der Waals surface area contributed by atoms with Gasteiger partial charge < -0.3 is 4.74 Å². The Kier molecular flexibility index (Phi) is 3.74. The lowest BCUT2D eigenvalue weighted by Crippen LogP contribution is -2.62. The standard InChI is InChI=1S/C17H21N3O3S/c1-19-15(7-10-18-19)24(21,22)20-13-17(8-11-23-12-9-17)16(20)14-5-3-2-4-6-14/h2-7,10,16H,8-9,11-13H2,1H3/t16-/m0/s1. The molecule has 2 aliphatic heterocycles. The summed E-state index contributed by atoms with van der Waals surface area (Å²) in [6, 6.07) is 11.4. The molecule has 0 radical (unpaired) electrons. The zero-order chi connectivity index (χ0) is 16.8. The predicted octanol–water partition coefficient (Wildman–Crippen LogP) is 1.96. The van der Waals surface area contributed by atoms with Crippen LogP contribution in [-0.4, -0.2) is 42.3 Å². The Morgan fingerprint density at radius 3 is 2.50 bits per heavy atom. The van der Waals surface area contributed by atoms with Gasteiger partial charge in [0.2, 0.25) is 0 Å². The number of aryl methyl sites for hydroxylation is 1. The molecule has 2 aromatic rings. The highest BCUT2D eigenvalue weighted by Crippen LogP contribution is 2.56. The van der Waals surface area contributed by atoms with Crippen LogP contribution >= 0.6 is 0 Å². The van der Waals surface area contributed by atoms with E-state index in [4.69, 9.17) is 4.74 Å². The number of aromatic nitrogens is 2. The lowest BCUT2D eigenvalue weighted by Gasteiger charge is -2.58. The first kappa shape index (κ1) is 15.8. The van der Waals surface area contributed by atoms with Gasteiger partial charge in [-0.2, -0.15) is 9.40 Å². The highest BCUT2D eigenvalue weighted by molar-refractivity contribution is 7.89. The van der Waals surface area contributed by atoms with Crippen molar-refractivity contribution in [1.29, 1.82) is 0 Å². The maximum Gasteiger partial charge on any atom is 0.260 e. The van der Waals surface area contributed by atoms with Crippen molar-refractivity contribution in [3.05, 3.63) is 48.2 Å². The molecule has 24 heavy (non-hydrogen) atoms. The van der Waals surface area contributed by atoms with Crippen LogP contribution in [0.1, 0.15) is 24.4 Å². The third-order valence-corrected chi connectivity index (χ3v) is 7.18. The largest absolute Gasteiger partial charge is 0.381 e. The van der Waals surface area contributed by atoms with Gasteiger partial charge in [0, 0.05) is 32.2 Å². The number of sulfonamides is 1. The van der Waals surface area contributed by atoms with Crippen molar-refractivity contribution in [2.75, 3.05) is 19.8 Å². The van der Waals surface area contributed by atoms with E-state index in [1.54, 1.807) is 17.4 Å². The zero-order valence-electron chi connectivity index (χ0n) is 13.6. The summed E-state index contributed by atoms with van der Waals surface area (Å²) in [5, 5.41) is 4.26. The Balaban J connectivity index is 1.75. The molecule has 0 bridgehead atoms.